The molecule has 1 atom stereocenters. The minimum absolute atomic E-state index is 0.239. The molecule has 7 heteroatoms. The van der Waals surface area contributed by atoms with Crippen LogP contribution in [0, 0.1) is 0 Å². The van der Waals surface area contributed by atoms with Crippen LogP contribution in [0.2, 0.25) is 10.2 Å². The fraction of sp³-hybridized carbons (Fsp3) is 0.222. The summed E-state index contributed by atoms with van der Waals surface area (Å²) < 4.78 is 1.56. The first-order valence-electron chi connectivity index (χ1n) is 7.93. The lowest BCUT2D eigenvalue weighted by Gasteiger charge is -2.15. The average molecular weight is 377 g/mol. The number of nitrogens with zero attached hydrogens (tertiary/aromatic N) is 2. The van der Waals surface area contributed by atoms with Gasteiger partial charge in [0.25, 0.3) is 5.91 Å². The third-order valence-corrected chi connectivity index (χ3v) is 4.91. The van der Waals surface area contributed by atoms with Gasteiger partial charge in [0, 0.05) is 7.05 Å². The molecule has 1 unspecified atom stereocenters. The predicted molar refractivity (Wildman–Crippen MR) is 100.0 cm³/mol. The van der Waals surface area contributed by atoms with Crippen molar-refractivity contribution in [3.8, 4) is 11.3 Å². The van der Waals surface area contributed by atoms with Crippen molar-refractivity contribution in [3.63, 3.8) is 0 Å². The largest absolute Gasteiger partial charge is 0.341 e. The van der Waals surface area contributed by atoms with Crippen molar-refractivity contribution >= 4 is 29.1 Å². The molecule has 2 N–H and O–H groups in total. The van der Waals surface area contributed by atoms with E-state index in [4.69, 9.17) is 23.2 Å². The minimum Gasteiger partial charge on any atom is -0.341 e. The van der Waals surface area contributed by atoms with E-state index in [9.17, 15) is 4.79 Å². The molecule has 3 rings (SSSR count). The van der Waals surface area contributed by atoms with Gasteiger partial charge in [-0.15, -0.1) is 0 Å². The zero-order valence-corrected chi connectivity index (χ0v) is 15.4. The van der Waals surface area contributed by atoms with Gasteiger partial charge in [0.15, 0.2) is 0 Å². The summed E-state index contributed by atoms with van der Waals surface area (Å²) in [5.41, 5.74) is 2.36. The number of halogens is 2. The molecule has 0 aliphatic carbocycles. The van der Waals surface area contributed by atoms with E-state index in [-0.39, 0.29) is 11.9 Å². The Morgan fingerprint density at radius 3 is 2.64 bits per heavy atom. The summed E-state index contributed by atoms with van der Waals surface area (Å²) in [6.45, 7) is 1.99. The first kappa shape index (κ1) is 17.6. The second-order valence-electron chi connectivity index (χ2n) is 5.71. The molecule has 25 heavy (non-hydrogen) atoms. The number of nitrogens with one attached hydrogen (secondary N) is 2. The highest BCUT2D eigenvalue weighted by atomic mass is 35.5. The molecule has 130 valence electrons. The summed E-state index contributed by atoms with van der Waals surface area (Å²) in [5.74, 6) is 0.460. The van der Waals surface area contributed by atoms with E-state index in [0.29, 0.717) is 28.1 Å². The molecule has 0 fully saturated rings. The summed E-state index contributed by atoms with van der Waals surface area (Å²) in [6.07, 6.45) is 2.47. The van der Waals surface area contributed by atoms with Gasteiger partial charge in [-0.1, -0.05) is 60.5 Å². The Kier molecular flexibility index (Phi) is 5.16. The molecule has 0 saturated carbocycles. The summed E-state index contributed by atoms with van der Waals surface area (Å²) in [7, 11) is 1.70. The van der Waals surface area contributed by atoms with Crippen molar-refractivity contribution in [2.24, 2.45) is 7.05 Å². The maximum atomic E-state index is 12.6. The van der Waals surface area contributed by atoms with Crippen LogP contribution in [-0.4, -0.2) is 20.4 Å². The van der Waals surface area contributed by atoms with E-state index in [1.165, 1.54) is 0 Å². The number of benzene rings is 1. The van der Waals surface area contributed by atoms with E-state index in [2.05, 4.69) is 15.3 Å². The number of aromatic amines is 1. The van der Waals surface area contributed by atoms with Crippen LogP contribution in [0.1, 0.15) is 35.7 Å². The Bertz CT molecular complexity index is 886. The van der Waals surface area contributed by atoms with Gasteiger partial charge in [0.1, 0.15) is 16.7 Å². The van der Waals surface area contributed by atoms with Crippen LogP contribution >= 0.6 is 23.2 Å². The topological polar surface area (TPSA) is 62.7 Å². The molecule has 0 aliphatic rings. The number of hydrogen-bond acceptors (Lipinski definition) is 2. The van der Waals surface area contributed by atoms with Gasteiger partial charge in [-0.3, -0.25) is 4.79 Å². The van der Waals surface area contributed by atoms with Gasteiger partial charge in [0.05, 0.1) is 23.0 Å². The second kappa shape index (κ2) is 7.33. The van der Waals surface area contributed by atoms with Crippen LogP contribution in [0.3, 0.4) is 0 Å². The van der Waals surface area contributed by atoms with Crippen LogP contribution in [0.15, 0.2) is 42.6 Å². The molecule has 0 radical (unpaired) electrons. The Balaban J connectivity index is 1.80. The SMILES string of the molecule is CCC(NC(=O)c1cc(Cl)c(Cl)n1C)c1ncc(-c2ccccc2)[nH]1. The Morgan fingerprint density at radius 1 is 1.32 bits per heavy atom. The highest BCUT2D eigenvalue weighted by Gasteiger charge is 2.21. The first-order chi connectivity index (χ1) is 12.0. The average Bonchev–Trinajstić information content (AvgIpc) is 3.21. The number of H-pyrrole nitrogens is 1. The molecule has 1 aromatic carbocycles. The second-order valence-corrected chi connectivity index (χ2v) is 6.47. The van der Waals surface area contributed by atoms with Crippen LogP contribution in [0.4, 0.5) is 0 Å². The zero-order valence-electron chi connectivity index (χ0n) is 13.9. The number of carbonyl (C=O) groups is 1. The number of imidazole rings is 1. The van der Waals surface area contributed by atoms with Crippen molar-refractivity contribution in [2.45, 2.75) is 19.4 Å². The molecule has 5 nitrogen and oxygen atoms in total. The predicted octanol–water partition coefficient (Wildman–Crippen LogP) is 4.60. The van der Waals surface area contributed by atoms with Crippen molar-refractivity contribution < 1.29 is 4.79 Å². The fourth-order valence-corrected chi connectivity index (χ4v) is 3.01. The molecule has 2 aromatic heterocycles. The lowest BCUT2D eigenvalue weighted by atomic mass is 10.2. The fourth-order valence-electron chi connectivity index (χ4n) is 2.63. The van der Waals surface area contributed by atoms with Crippen molar-refractivity contribution in [1.29, 1.82) is 0 Å². The normalized spacial score (nSPS) is 12.2. The van der Waals surface area contributed by atoms with Crippen molar-refractivity contribution in [1.82, 2.24) is 19.9 Å². The van der Waals surface area contributed by atoms with E-state index < -0.39 is 0 Å². The number of amides is 1. The number of carbonyl (C=O) groups excluding carboxylic acids is 1. The Labute approximate surface area is 156 Å². The molecule has 0 spiro atoms. The van der Waals surface area contributed by atoms with Crippen molar-refractivity contribution in [2.75, 3.05) is 0 Å². The molecular weight excluding hydrogens is 359 g/mol. The Morgan fingerprint density at radius 2 is 2.04 bits per heavy atom. The maximum Gasteiger partial charge on any atom is 0.268 e. The summed E-state index contributed by atoms with van der Waals surface area (Å²) in [6, 6.07) is 11.2. The third-order valence-electron chi connectivity index (χ3n) is 4.07. The number of rotatable bonds is 5. The summed E-state index contributed by atoms with van der Waals surface area (Å²) in [4.78, 5) is 20.3. The lowest BCUT2D eigenvalue weighted by Crippen LogP contribution is -2.30. The molecular formula is C18H18Cl2N4O. The van der Waals surface area contributed by atoms with E-state index in [1.807, 2.05) is 37.3 Å². The Hall–Kier alpha value is -2.24. The molecule has 0 bridgehead atoms. The third kappa shape index (κ3) is 3.57. The lowest BCUT2D eigenvalue weighted by molar-refractivity contribution is 0.0925. The van der Waals surface area contributed by atoms with Crippen LogP contribution in [0.25, 0.3) is 11.3 Å². The van der Waals surface area contributed by atoms with Gasteiger partial charge >= 0.3 is 0 Å². The van der Waals surface area contributed by atoms with Gasteiger partial charge < -0.3 is 14.9 Å². The number of hydrogen-bond donors (Lipinski definition) is 2. The molecule has 0 saturated heterocycles. The van der Waals surface area contributed by atoms with Gasteiger partial charge in [-0.2, -0.15) is 0 Å². The monoisotopic (exact) mass is 376 g/mol. The van der Waals surface area contributed by atoms with E-state index in [0.717, 1.165) is 11.3 Å². The molecule has 0 aliphatic heterocycles. The van der Waals surface area contributed by atoms with Gasteiger partial charge in [0.2, 0.25) is 0 Å². The van der Waals surface area contributed by atoms with Gasteiger partial charge in [-0.05, 0) is 18.1 Å². The number of aromatic nitrogens is 3. The smallest absolute Gasteiger partial charge is 0.268 e. The van der Waals surface area contributed by atoms with Gasteiger partial charge in [-0.25, -0.2) is 4.98 Å². The summed E-state index contributed by atoms with van der Waals surface area (Å²) >= 11 is 12.0. The molecule has 2 heterocycles. The van der Waals surface area contributed by atoms with Crippen LogP contribution < -0.4 is 5.32 Å². The minimum atomic E-state index is -0.249. The quantitative estimate of drug-likeness (QED) is 0.683. The first-order valence-corrected chi connectivity index (χ1v) is 8.68. The maximum absolute atomic E-state index is 12.6. The van der Waals surface area contributed by atoms with Crippen LogP contribution in [-0.2, 0) is 7.05 Å². The van der Waals surface area contributed by atoms with E-state index in [1.54, 1.807) is 23.9 Å². The van der Waals surface area contributed by atoms with Crippen LogP contribution in [0.5, 0.6) is 0 Å². The summed E-state index contributed by atoms with van der Waals surface area (Å²) in [5, 5.41) is 3.67. The van der Waals surface area contributed by atoms with E-state index >= 15 is 0 Å². The standard InChI is InChI=1S/C18H18Cl2N4O/c1-3-13(23-18(25)15-9-12(19)16(20)24(15)2)17-21-10-14(22-17)11-7-5-4-6-8-11/h4-10,13H,3H2,1-2H3,(H,21,22)(H,23,25). The molecule has 3 aromatic rings. The zero-order chi connectivity index (χ0) is 18.0. The highest BCUT2D eigenvalue weighted by molar-refractivity contribution is 6.41. The molecule has 1 amide bonds. The highest BCUT2D eigenvalue weighted by Crippen LogP contribution is 2.26. The van der Waals surface area contributed by atoms with Crippen molar-refractivity contribution in [3.05, 3.63) is 64.3 Å².